The molecule has 3 heteroatoms. The number of hydrogen-bond donors (Lipinski definition) is 1. The van der Waals surface area contributed by atoms with E-state index in [2.05, 4.69) is 30.5 Å². The van der Waals surface area contributed by atoms with Crippen LogP contribution in [-0.2, 0) is 0 Å². The number of hydrogen-bond acceptors (Lipinski definition) is 3. The highest BCUT2D eigenvalue weighted by Crippen LogP contribution is 2.49. The third-order valence-electron chi connectivity index (χ3n) is 6.21. The van der Waals surface area contributed by atoms with Crippen LogP contribution in [0.2, 0.25) is 0 Å². The van der Waals surface area contributed by atoms with Gasteiger partial charge in [0.25, 0.3) is 0 Å². The van der Waals surface area contributed by atoms with Gasteiger partial charge in [0.2, 0.25) is 0 Å². The lowest BCUT2D eigenvalue weighted by Gasteiger charge is -2.54. The maximum atomic E-state index is 6.28. The predicted molar refractivity (Wildman–Crippen MR) is 89.2 cm³/mol. The third-order valence-corrected chi connectivity index (χ3v) is 7.94. The van der Waals surface area contributed by atoms with E-state index in [-0.39, 0.29) is 5.54 Å². The van der Waals surface area contributed by atoms with Gasteiger partial charge in [0.05, 0.1) is 0 Å². The maximum Gasteiger partial charge on any atom is 0.0427 e. The van der Waals surface area contributed by atoms with Crippen LogP contribution in [0.3, 0.4) is 0 Å². The van der Waals surface area contributed by atoms with E-state index in [0.717, 1.165) is 12.0 Å². The van der Waals surface area contributed by atoms with Gasteiger partial charge in [-0.25, -0.2) is 0 Å². The molecule has 0 bridgehead atoms. The molecule has 3 aliphatic rings. The van der Waals surface area contributed by atoms with Gasteiger partial charge in [-0.2, -0.15) is 11.8 Å². The van der Waals surface area contributed by atoms with Crippen LogP contribution in [0, 0.1) is 10.8 Å². The molecular weight excluding hydrogens is 264 g/mol. The molecule has 0 aromatic rings. The first-order valence-electron chi connectivity index (χ1n) is 8.52. The van der Waals surface area contributed by atoms with Crippen molar-refractivity contribution in [3.8, 4) is 0 Å². The van der Waals surface area contributed by atoms with Gasteiger partial charge >= 0.3 is 0 Å². The van der Waals surface area contributed by atoms with Gasteiger partial charge in [-0.15, -0.1) is 0 Å². The Bertz CT molecular complexity index is 339. The van der Waals surface area contributed by atoms with Crippen LogP contribution in [0.1, 0.15) is 58.8 Å². The molecule has 1 spiro atoms. The van der Waals surface area contributed by atoms with E-state index in [4.69, 9.17) is 5.73 Å². The van der Waals surface area contributed by atoms with E-state index in [1.165, 1.54) is 69.5 Å². The quantitative estimate of drug-likeness (QED) is 0.845. The smallest absolute Gasteiger partial charge is 0.0427 e. The molecule has 1 aliphatic carbocycles. The highest BCUT2D eigenvalue weighted by atomic mass is 32.2. The molecule has 2 aliphatic heterocycles. The molecule has 116 valence electrons. The summed E-state index contributed by atoms with van der Waals surface area (Å²) in [4.78, 5) is 2.78. The van der Waals surface area contributed by atoms with Crippen LogP contribution in [0.4, 0.5) is 0 Å². The van der Waals surface area contributed by atoms with Crippen LogP contribution >= 0.6 is 11.8 Å². The molecule has 0 radical (unpaired) electrons. The average molecular weight is 297 g/mol. The van der Waals surface area contributed by atoms with E-state index >= 15 is 0 Å². The standard InChI is InChI=1S/C17H32N2S/c1-15(2)11-17(12-18,14-20-13-15)19-9-7-16(8-10-19)5-3-4-6-16/h3-14,18H2,1-2H3. The first-order valence-corrected chi connectivity index (χ1v) is 9.68. The highest BCUT2D eigenvalue weighted by molar-refractivity contribution is 7.99. The van der Waals surface area contributed by atoms with Crippen LogP contribution in [0.5, 0.6) is 0 Å². The van der Waals surface area contributed by atoms with Crippen molar-refractivity contribution in [2.75, 3.05) is 31.1 Å². The Kier molecular flexibility index (Phi) is 4.16. The zero-order valence-electron chi connectivity index (χ0n) is 13.4. The zero-order valence-corrected chi connectivity index (χ0v) is 14.2. The lowest BCUT2D eigenvalue weighted by atomic mass is 9.73. The molecule has 1 atom stereocenters. The maximum absolute atomic E-state index is 6.28. The number of nitrogens with zero attached hydrogens (tertiary/aromatic N) is 1. The Hall–Kier alpha value is 0.270. The SMILES string of the molecule is CC1(C)CSCC(CN)(N2CCC3(CCCC3)CC2)C1. The fourth-order valence-electron chi connectivity index (χ4n) is 5.05. The Balaban J connectivity index is 1.68. The summed E-state index contributed by atoms with van der Waals surface area (Å²) < 4.78 is 0. The Morgan fingerprint density at radius 2 is 1.65 bits per heavy atom. The summed E-state index contributed by atoms with van der Waals surface area (Å²) in [5.41, 5.74) is 7.74. The van der Waals surface area contributed by atoms with Crippen LogP contribution in [0.25, 0.3) is 0 Å². The van der Waals surface area contributed by atoms with Crippen molar-refractivity contribution in [1.82, 2.24) is 4.90 Å². The van der Waals surface area contributed by atoms with Gasteiger partial charge in [0, 0.05) is 17.8 Å². The van der Waals surface area contributed by atoms with Gasteiger partial charge < -0.3 is 5.73 Å². The minimum Gasteiger partial charge on any atom is -0.329 e. The molecule has 2 nitrogen and oxygen atoms in total. The van der Waals surface area contributed by atoms with Gasteiger partial charge in [-0.05, 0) is 61.8 Å². The van der Waals surface area contributed by atoms with E-state index in [0.29, 0.717) is 5.41 Å². The molecule has 3 rings (SSSR count). The van der Waals surface area contributed by atoms with E-state index in [1.54, 1.807) is 0 Å². The van der Waals surface area contributed by atoms with Gasteiger partial charge in [0.1, 0.15) is 0 Å². The average Bonchev–Trinajstić information content (AvgIpc) is 2.86. The van der Waals surface area contributed by atoms with Gasteiger partial charge in [0.15, 0.2) is 0 Å². The van der Waals surface area contributed by atoms with E-state index in [1.807, 2.05) is 0 Å². The van der Waals surface area contributed by atoms with Crippen molar-refractivity contribution in [3.63, 3.8) is 0 Å². The summed E-state index contributed by atoms with van der Waals surface area (Å²) >= 11 is 2.13. The van der Waals surface area contributed by atoms with E-state index < -0.39 is 0 Å². The molecule has 1 unspecified atom stereocenters. The molecular formula is C17H32N2S. The van der Waals surface area contributed by atoms with Crippen molar-refractivity contribution < 1.29 is 0 Å². The fraction of sp³-hybridized carbons (Fsp3) is 1.00. The second kappa shape index (κ2) is 5.48. The second-order valence-corrected chi connectivity index (χ2v) is 9.44. The largest absolute Gasteiger partial charge is 0.329 e. The first kappa shape index (κ1) is 15.2. The Labute approximate surface area is 129 Å². The molecule has 2 saturated heterocycles. The summed E-state index contributed by atoms with van der Waals surface area (Å²) in [5, 5.41) is 0. The first-order chi connectivity index (χ1) is 9.49. The molecule has 2 N–H and O–H groups in total. The molecule has 1 saturated carbocycles. The van der Waals surface area contributed by atoms with Crippen LogP contribution in [-0.4, -0.2) is 41.6 Å². The summed E-state index contributed by atoms with van der Waals surface area (Å²) in [6.45, 7) is 8.29. The van der Waals surface area contributed by atoms with Crippen molar-refractivity contribution in [2.45, 2.75) is 64.3 Å². The fourth-order valence-corrected chi connectivity index (χ4v) is 6.59. The third kappa shape index (κ3) is 2.78. The minimum absolute atomic E-state index is 0.284. The second-order valence-electron chi connectivity index (χ2n) is 8.46. The molecule has 2 heterocycles. The van der Waals surface area contributed by atoms with Crippen molar-refractivity contribution in [3.05, 3.63) is 0 Å². The van der Waals surface area contributed by atoms with Gasteiger partial charge in [-0.1, -0.05) is 26.7 Å². The summed E-state index contributed by atoms with van der Waals surface area (Å²) in [6, 6.07) is 0. The van der Waals surface area contributed by atoms with Crippen molar-refractivity contribution in [2.24, 2.45) is 16.6 Å². The highest BCUT2D eigenvalue weighted by Gasteiger charge is 2.47. The molecule has 0 amide bonds. The lowest BCUT2D eigenvalue weighted by molar-refractivity contribution is 0.0105. The number of nitrogens with two attached hydrogens (primary N) is 1. The molecule has 0 aromatic heterocycles. The minimum atomic E-state index is 0.284. The Morgan fingerprint density at radius 3 is 2.20 bits per heavy atom. The summed E-state index contributed by atoms with van der Waals surface area (Å²) in [6.07, 6.45) is 10.1. The number of piperidine rings is 1. The summed E-state index contributed by atoms with van der Waals surface area (Å²) in [5.74, 6) is 2.55. The van der Waals surface area contributed by atoms with Crippen LogP contribution < -0.4 is 5.73 Å². The van der Waals surface area contributed by atoms with Gasteiger partial charge in [-0.3, -0.25) is 4.90 Å². The Morgan fingerprint density at radius 1 is 1.00 bits per heavy atom. The number of likely N-dealkylation sites (tertiary alicyclic amines) is 1. The molecule has 20 heavy (non-hydrogen) atoms. The predicted octanol–water partition coefficient (Wildman–Crippen LogP) is 3.50. The molecule has 3 fully saturated rings. The number of thioether (sulfide) groups is 1. The van der Waals surface area contributed by atoms with Crippen molar-refractivity contribution in [1.29, 1.82) is 0 Å². The zero-order chi connectivity index (χ0) is 14.3. The lowest BCUT2D eigenvalue weighted by Crippen LogP contribution is -2.62. The summed E-state index contributed by atoms with van der Waals surface area (Å²) in [7, 11) is 0. The molecule has 0 aromatic carbocycles. The topological polar surface area (TPSA) is 29.3 Å². The number of rotatable bonds is 2. The monoisotopic (exact) mass is 296 g/mol. The van der Waals surface area contributed by atoms with E-state index in [9.17, 15) is 0 Å². The van der Waals surface area contributed by atoms with Crippen LogP contribution in [0.15, 0.2) is 0 Å². The normalized spacial score (nSPS) is 37.4. The van der Waals surface area contributed by atoms with Crippen molar-refractivity contribution >= 4 is 11.8 Å².